The first-order valence-corrected chi connectivity index (χ1v) is 7.42. The van der Waals surface area contributed by atoms with Crippen molar-refractivity contribution in [2.24, 2.45) is 0 Å². The molecule has 0 spiro atoms. The quantitative estimate of drug-likeness (QED) is 0.402. The van der Waals surface area contributed by atoms with Crippen LogP contribution in [0.25, 0.3) is 0 Å². The van der Waals surface area contributed by atoms with Crippen molar-refractivity contribution in [1.82, 2.24) is 5.32 Å². The molecule has 0 aliphatic carbocycles. The largest absolute Gasteiger partial charge is 0.469 e. The number of rotatable bonds is 8. The normalized spacial score (nSPS) is 9.73. The Hall–Kier alpha value is -0.360. The van der Waals surface area contributed by atoms with Crippen LogP contribution in [0.3, 0.4) is 0 Å². The zero-order chi connectivity index (χ0) is 11.5. The van der Waals surface area contributed by atoms with Gasteiger partial charge in [-0.2, -0.15) is 0 Å². The van der Waals surface area contributed by atoms with Crippen LogP contribution in [0.4, 0.5) is 0 Å². The van der Waals surface area contributed by atoms with E-state index in [0.717, 1.165) is 5.75 Å². The predicted octanol–water partition coefficient (Wildman–Crippen LogP) is 1.46. The van der Waals surface area contributed by atoms with Gasteiger partial charge in [-0.05, 0) is 12.7 Å². The molecule has 1 amide bonds. The highest BCUT2D eigenvalue weighted by molar-refractivity contribution is 8.76. The molecule has 6 heteroatoms. The molecule has 88 valence electrons. The summed E-state index contributed by atoms with van der Waals surface area (Å²) in [4.78, 5) is 21.9. The van der Waals surface area contributed by atoms with Gasteiger partial charge in [0.05, 0.1) is 7.11 Å². The van der Waals surface area contributed by atoms with Crippen molar-refractivity contribution in [1.29, 1.82) is 0 Å². The fourth-order valence-electron chi connectivity index (χ4n) is 0.869. The third-order valence-electron chi connectivity index (χ3n) is 1.64. The number of amides is 1. The zero-order valence-corrected chi connectivity index (χ0v) is 10.7. The van der Waals surface area contributed by atoms with Crippen LogP contribution in [0.5, 0.6) is 0 Å². The Morgan fingerprint density at radius 2 is 2.07 bits per heavy atom. The topological polar surface area (TPSA) is 55.4 Å². The van der Waals surface area contributed by atoms with Gasteiger partial charge in [-0.1, -0.05) is 21.6 Å². The molecule has 0 saturated carbocycles. The summed E-state index contributed by atoms with van der Waals surface area (Å²) in [5.74, 6) is 0.632. The maximum Gasteiger partial charge on any atom is 0.305 e. The standard InChI is InChI=1S/C9H17NO3S2/c1-13-9(12)4-3-6-10-8(11)5-7-15-14-2/h3-7H2,1-2H3,(H,10,11). The Kier molecular flexibility index (Phi) is 9.92. The molecule has 4 nitrogen and oxygen atoms in total. The first kappa shape index (κ1) is 14.6. The number of hydrogen-bond acceptors (Lipinski definition) is 5. The van der Waals surface area contributed by atoms with Gasteiger partial charge in [-0.25, -0.2) is 0 Å². The van der Waals surface area contributed by atoms with Gasteiger partial charge in [0.1, 0.15) is 0 Å². The number of hydrogen-bond donors (Lipinski definition) is 1. The van der Waals surface area contributed by atoms with E-state index in [0.29, 0.717) is 25.8 Å². The second-order valence-electron chi connectivity index (χ2n) is 2.77. The average Bonchev–Trinajstić information content (AvgIpc) is 2.24. The summed E-state index contributed by atoms with van der Waals surface area (Å²) in [6.07, 6.45) is 3.51. The second-order valence-corrected chi connectivity index (χ2v) is 5.45. The first-order valence-electron chi connectivity index (χ1n) is 4.69. The first-order chi connectivity index (χ1) is 7.20. The van der Waals surface area contributed by atoms with Crippen molar-refractivity contribution in [2.45, 2.75) is 19.3 Å². The van der Waals surface area contributed by atoms with Crippen LogP contribution in [0.15, 0.2) is 0 Å². The molecule has 0 heterocycles. The SMILES string of the molecule is COC(=O)CCCNC(=O)CCSSC. The molecule has 1 N–H and O–H groups in total. The lowest BCUT2D eigenvalue weighted by Gasteiger charge is -2.03. The smallest absolute Gasteiger partial charge is 0.305 e. The molecule has 0 unspecified atom stereocenters. The van der Waals surface area contributed by atoms with Gasteiger partial charge in [0.15, 0.2) is 0 Å². The van der Waals surface area contributed by atoms with Crippen LogP contribution in [0.1, 0.15) is 19.3 Å². The highest BCUT2D eigenvalue weighted by atomic mass is 33.1. The van der Waals surface area contributed by atoms with E-state index in [1.54, 1.807) is 21.6 Å². The molecule has 0 aliphatic rings. The van der Waals surface area contributed by atoms with E-state index in [4.69, 9.17) is 0 Å². The second kappa shape index (κ2) is 10.2. The predicted molar refractivity (Wildman–Crippen MR) is 64.8 cm³/mol. The summed E-state index contributed by atoms with van der Waals surface area (Å²) < 4.78 is 4.48. The van der Waals surface area contributed by atoms with Gasteiger partial charge in [-0.3, -0.25) is 9.59 Å². The van der Waals surface area contributed by atoms with Crippen molar-refractivity contribution in [3.05, 3.63) is 0 Å². The summed E-state index contributed by atoms with van der Waals surface area (Å²) in [6, 6.07) is 0. The molecule has 0 bridgehead atoms. The summed E-state index contributed by atoms with van der Waals surface area (Å²) in [6.45, 7) is 0.540. The number of carbonyl (C=O) groups is 2. The molecule has 0 radical (unpaired) electrons. The number of ether oxygens (including phenoxy) is 1. The zero-order valence-electron chi connectivity index (χ0n) is 9.08. The lowest BCUT2D eigenvalue weighted by molar-refractivity contribution is -0.140. The maximum atomic E-state index is 11.2. The monoisotopic (exact) mass is 251 g/mol. The molecule has 0 fully saturated rings. The Morgan fingerprint density at radius 1 is 1.33 bits per heavy atom. The van der Waals surface area contributed by atoms with Crippen LogP contribution in [0.2, 0.25) is 0 Å². The van der Waals surface area contributed by atoms with Gasteiger partial charge in [0.25, 0.3) is 0 Å². The van der Waals surface area contributed by atoms with Crippen LogP contribution < -0.4 is 5.32 Å². The molecule has 0 aromatic rings. The molecule has 0 aliphatic heterocycles. The summed E-state index contributed by atoms with van der Waals surface area (Å²) in [7, 11) is 4.68. The Morgan fingerprint density at radius 3 is 2.67 bits per heavy atom. The van der Waals surface area contributed by atoms with Crippen LogP contribution >= 0.6 is 21.6 Å². The highest BCUT2D eigenvalue weighted by Crippen LogP contribution is 2.16. The van der Waals surface area contributed by atoms with E-state index in [9.17, 15) is 9.59 Å². The van der Waals surface area contributed by atoms with E-state index in [2.05, 4.69) is 10.1 Å². The van der Waals surface area contributed by atoms with Crippen molar-refractivity contribution < 1.29 is 14.3 Å². The lowest BCUT2D eigenvalue weighted by atomic mass is 10.3. The molecule has 0 aromatic heterocycles. The van der Waals surface area contributed by atoms with Crippen LogP contribution in [-0.2, 0) is 14.3 Å². The minimum Gasteiger partial charge on any atom is -0.469 e. The highest BCUT2D eigenvalue weighted by Gasteiger charge is 2.02. The average molecular weight is 251 g/mol. The van der Waals surface area contributed by atoms with Crippen molar-refractivity contribution >= 4 is 33.5 Å². The van der Waals surface area contributed by atoms with E-state index < -0.39 is 0 Å². The number of nitrogens with one attached hydrogen (secondary N) is 1. The van der Waals surface area contributed by atoms with E-state index in [1.807, 2.05) is 6.26 Å². The van der Waals surface area contributed by atoms with Gasteiger partial charge in [0.2, 0.25) is 5.91 Å². The number of esters is 1. The minimum atomic E-state index is -0.234. The molecular formula is C9H17NO3S2. The third kappa shape index (κ3) is 9.93. The molecule has 0 aromatic carbocycles. The Bertz CT molecular complexity index is 200. The van der Waals surface area contributed by atoms with Gasteiger partial charge in [-0.15, -0.1) is 0 Å². The van der Waals surface area contributed by atoms with Crippen molar-refractivity contribution in [3.8, 4) is 0 Å². The van der Waals surface area contributed by atoms with Crippen molar-refractivity contribution in [2.75, 3.05) is 25.7 Å². The molecular weight excluding hydrogens is 234 g/mol. The summed E-state index contributed by atoms with van der Waals surface area (Å²) >= 11 is 0. The number of carbonyl (C=O) groups excluding carboxylic acids is 2. The lowest BCUT2D eigenvalue weighted by Crippen LogP contribution is -2.25. The third-order valence-corrected chi connectivity index (χ3v) is 3.45. The molecule has 0 rings (SSSR count). The molecule has 15 heavy (non-hydrogen) atoms. The minimum absolute atomic E-state index is 0.0430. The Balaban J connectivity index is 3.27. The summed E-state index contributed by atoms with van der Waals surface area (Å²) in [5.41, 5.74) is 0. The Labute approximate surface area is 98.3 Å². The maximum absolute atomic E-state index is 11.2. The summed E-state index contributed by atoms with van der Waals surface area (Å²) in [5, 5.41) is 2.75. The van der Waals surface area contributed by atoms with Gasteiger partial charge >= 0.3 is 5.97 Å². The van der Waals surface area contributed by atoms with Gasteiger partial charge < -0.3 is 10.1 Å². The fourth-order valence-corrected chi connectivity index (χ4v) is 2.05. The van der Waals surface area contributed by atoms with Gasteiger partial charge in [0, 0.05) is 25.1 Å². The van der Waals surface area contributed by atoms with E-state index in [-0.39, 0.29) is 11.9 Å². The van der Waals surface area contributed by atoms with Crippen LogP contribution in [0, 0.1) is 0 Å². The van der Waals surface area contributed by atoms with Crippen LogP contribution in [-0.4, -0.2) is 37.5 Å². The van der Waals surface area contributed by atoms with E-state index in [1.165, 1.54) is 7.11 Å². The fraction of sp³-hybridized carbons (Fsp3) is 0.778. The van der Waals surface area contributed by atoms with E-state index >= 15 is 0 Å². The molecule has 0 saturated heterocycles. The number of methoxy groups -OCH3 is 1. The molecule has 0 atom stereocenters. The van der Waals surface area contributed by atoms with Crippen molar-refractivity contribution in [3.63, 3.8) is 0 Å².